The fourth-order valence-electron chi connectivity index (χ4n) is 6.49. The Balaban J connectivity index is 1.32. The molecule has 6 atom stereocenters. The molecule has 2 saturated heterocycles. The van der Waals surface area contributed by atoms with Crippen LogP contribution in [-0.4, -0.2) is 65.7 Å². The predicted octanol–water partition coefficient (Wildman–Crippen LogP) is 4.42. The maximum Gasteiger partial charge on any atom is 0.226 e. The average molecular weight is 620 g/mol. The molecule has 2 heterocycles. The standard InChI is InChI=1S/C36H43F2N3O4/c1-2-3-14-41-22-31(30(36(41)44)17-24-10-6-4-7-11-24)35(43)40-33(18-26-15-27(37)19-28(38)16-26)34(42)32-20-29(21-39-32)45-23-25-12-8-5-9-13-25/h4-13,15-16,19,29-34,39,42H,2-3,14,17-18,20-23H2,1H3,(H,40,43)/t29-,30?,31?,32-,33+,34-/m1/s1. The number of carbonyl (C=O) groups is 2. The zero-order valence-corrected chi connectivity index (χ0v) is 25.7. The van der Waals surface area contributed by atoms with E-state index in [2.05, 4.69) is 17.6 Å². The highest BCUT2D eigenvalue weighted by atomic mass is 19.1. The van der Waals surface area contributed by atoms with Crippen LogP contribution in [0.2, 0.25) is 0 Å². The van der Waals surface area contributed by atoms with E-state index in [1.54, 1.807) is 4.90 Å². The van der Waals surface area contributed by atoms with E-state index in [0.717, 1.165) is 30.0 Å². The molecule has 0 spiro atoms. The number of hydrogen-bond donors (Lipinski definition) is 3. The van der Waals surface area contributed by atoms with E-state index in [-0.39, 0.29) is 30.9 Å². The van der Waals surface area contributed by atoms with Gasteiger partial charge in [-0.05, 0) is 54.5 Å². The van der Waals surface area contributed by atoms with Gasteiger partial charge in [0.15, 0.2) is 0 Å². The van der Waals surface area contributed by atoms with Gasteiger partial charge in [-0.15, -0.1) is 0 Å². The van der Waals surface area contributed by atoms with E-state index >= 15 is 0 Å². The van der Waals surface area contributed by atoms with E-state index < -0.39 is 41.7 Å². The summed E-state index contributed by atoms with van der Waals surface area (Å²) in [6.45, 7) is 3.88. The number of benzene rings is 3. The smallest absolute Gasteiger partial charge is 0.226 e. The van der Waals surface area contributed by atoms with Crippen LogP contribution in [0.1, 0.15) is 42.9 Å². The zero-order valence-electron chi connectivity index (χ0n) is 25.7. The molecular formula is C36H43F2N3O4. The van der Waals surface area contributed by atoms with E-state index in [9.17, 15) is 23.5 Å². The fourth-order valence-corrected chi connectivity index (χ4v) is 6.49. The van der Waals surface area contributed by atoms with Crippen LogP contribution in [0.5, 0.6) is 0 Å². The van der Waals surface area contributed by atoms with Crippen LogP contribution in [0, 0.1) is 23.5 Å². The van der Waals surface area contributed by atoms with Gasteiger partial charge in [-0.2, -0.15) is 0 Å². The summed E-state index contributed by atoms with van der Waals surface area (Å²) >= 11 is 0. The Morgan fingerprint density at radius 2 is 1.69 bits per heavy atom. The van der Waals surface area contributed by atoms with Crippen molar-refractivity contribution in [3.8, 4) is 0 Å². The van der Waals surface area contributed by atoms with Gasteiger partial charge in [-0.3, -0.25) is 9.59 Å². The summed E-state index contributed by atoms with van der Waals surface area (Å²) in [6.07, 6.45) is 1.47. The number of unbranched alkanes of at least 4 members (excludes halogenated alkanes) is 1. The van der Waals surface area contributed by atoms with Crippen LogP contribution in [0.25, 0.3) is 0 Å². The molecule has 7 nitrogen and oxygen atoms in total. The van der Waals surface area contributed by atoms with Crippen molar-refractivity contribution in [3.63, 3.8) is 0 Å². The highest BCUT2D eigenvalue weighted by molar-refractivity contribution is 5.91. The lowest BCUT2D eigenvalue weighted by atomic mass is 9.87. The minimum atomic E-state index is -1.08. The molecule has 2 amide bonds. The van der Waals surface area contributed by atoms with Crippen molar-refractivity contribution >= 4 is 11.8 Å². The summed E-state index contributed by atoms with van der Waals surface area (Å²) in [5.74, 6) is -3.03. The monoisotopic (exact) mass is 619 g/mol. The maximum absolute atomic E-state index is 14.1. The number of halogens is 2. The van der Waals surface area contributed by atoms with Crippen LogP contribution >= 0.6 is 0 Å². The van der Waals surface area contributed by atoms with E-state index in [1.165, 1.54) is 12.1 Å². The van der Waals surface area contributed by atoms with Gasteiger partial charge in [0.2, 0.25) is 11.8 Å². The highest BCUT2D eigenvalue weighted by Gasteiger charge is 2.45. The molecule has 0 radical (unpaired) electrons. The molecule has 0 aromatic heterocycles. The maximum atomic E-state index is 14.1. The summed E-state index contributed by atoms with van der Waals surface area (Å²) in [6, 6.07) is 21.4. The second-order valence-corrected chi connectivity index (χ2v) is 12.3. The Morgan fingerprint density at radius 3 is 2.36 bits per heavy atom. The van der Waals surface area contributed by atoms with Gasteiger partial charge < -0.3 is 25.4 Å². The first kappa shape index (κ1) is 32.7. The van der Waals surface area contributed by atoms with Crippen LogP contribution in [-0.2, 0) is 33.8 Å². The third-order valence-electron chi connectivity index (χ3n) is 8.93. The summed E-state index contributed by atoms with van der Waals surface area (Å²) in [5.41, 5.74) is 2.33. The van der Waals surface area contributed by atoms with Gasteiger partial charge in [-0.1, -0.05) is 74.0 Å². The molecular weight excluding hydrogens is 576 g/mol. The topological polar surface area (TPSA) is 90.9 Å². The fraction of sp³-hybridized carbons (Fsp3) is 0.444. The lowest BCUT2D eigenvalue weighted by Gasteiger charge is -2.30. The molecule has 2 unspecified atom stereocenters. The van der Waals surface area contributed by atoms with Gasteiger partial charge in [0.05, 0.1) is 36.7 Å². The molecule has 0 saturated carbocycles. The molecule has 2 aliphatic rings. The van der Waals surface area contributed by atoms with E-state index in [4.69, 9.17) is 4.74 Å². The summed E-state index contributed by atoms with van der Waals surface area (Å²) in [5, 5.41) is 18.0. The molecule has 3 N–H and O–H groups in total. The van der Waals surface area contributed by atoms with E-state index in [0.29, 0.717) is 38.1 Å². The zero-order chi connectivity index (χ0) is 31.8. The molecule has 2 fully saturated rings. The number of aliphatic hydroxyl groups is 1. The summed E-state index contributed by atoms with van der Waals surface area (Å²) < 4.78 is 34.4. The Morgan fingerprint density at radius 1 is 1.02 bits per heavy atom. The van der Waals surface area contributed by atoms with Crippen LogP contribution in [0.15, 0.2) is 78.9 Å². The van der Waals surface area contributed by atoms with Crippen molar-refractivity contribution < 1.29 is 28.2 Å². The van der Waals surface area contributed by atoms with Gasteiger partial charge in [0, 0.05) is 31.7 Å². The van der Waals surface area contributed by atoms with Crippen molar-refractivity contribution in [3.05, 3.63) is 107 Å². The first-order valence-electron chi connectivity index (χ1n) is 16.0. The number of rotatable bonds is 14. The molecule has 3 aromatic rings. The van der Waals surface area contributed by atoms with Gasteiger partial charge in [0.1, 0.15) is 11.6 Å². The molecule has 2 aliphatic heterocycles. The molecule has 240 valence electrons. The molecule has 5 rings (SSSR count). The van der Waals surface area contributed by atoms with Crippen LogP contribution < -0.4 is 10.6 Å². The lowest BCUT2D eigenvalue weighted by molar-refractivity contribution is -0.133. The number of carbonyl (C=O) groups excluding carboxylic acids is 2. The highest BCUT2D eigenvalue weighted by Crippen LogP contribution is 2.30. The van der Waals surface area contributed by atoms with Crippen molar-refractivity contribution in [2.45, 2.75) is 69.9 Å². The normalized spacial score (nSPS) is 22.8. The third kappa shape index (κ3) is 8.75. The van der Waals surface area contributed by atoms with Gasteiger partial charge in [0.25, 0.3) is 0 Å². The Labute approximate surface area is 264 Å². The first-order valence-corrected chi connectivity index (χ1v) is 16.0. The predicted molar refractivity (Wildman–Crippen MR) is 168 cm³/mol. The molecule has 0 bridgehead atoms. The van der Waals surface area contributed by atoms with Crippen molar-refractivity contribution in [2.24, 2.45) is 11.8 Å². The molecule has 45 heavy (non-hydrogen) atoms. The van der Waals surface area contributed by atoms with Gasteiger partial charge in [-0.25, -0.2) is 8.78 Å². The van der Waals surface area contributed by atoms with Crippen molar-refractivity contribution in [1.82, 2.24) is 15.5 Å². The Hall–Kier alpha value is -3.66. The number of amides is 2. The second kappa shape index (κ2) is 15.6. The number of hydrogen-bond acceptors (Lipinski definition) is 5. The van der Waals surface area contributed by atoms with Crippen molar-refractivity contribution in [1.29, 1.82) is 0 Å². The Bertz CT molecular complexity index is 1390. The average Bonchev–Trinajstić information content (AvgIpc) is 3.63. The van der Waals surface area contributed by atoms with Gasteiger partial charge >= 0.3 is 0 Å². The number of aliphatic hydroxyl groups excluding tert-OH is 1. The number of nitrogens with one attached hydrogen (secondary N) is 2. The molecule has 3 aromatic carbocycles. The summed E-state index contributed by atoms with van der Waals surface area (Å²) in [7, 11) is 0. The van der Waals surface area contributed by atoms with Crippen LogP contribution in [0.3, 0.4) is 0 Å². The second-order valence-electron chi connectivity index (χ2n) is 12.3. The van der Waals surface area contributed by atoms with Crippen molar-refractivity contribution in [2.75, 3.05) is 19.6 Å². The number of nitrogens with zero attached hydrogens (tertiary/aromatic N) is 1. The van der Waals surface area contributed by atoms with E-state index in [1.807, 2.05) is 60.7 Å². The minimum Gasteiger partial charge on any atom is -0.389 e. The quantitative estimate of drug-likeness (QED) is 0.249. The number of likely N-dealkylation sites (tertiary alicyclic amines) is 1. The minimum absolute atomic E-state index is 0.0128. The SMILES string of the molecule is CCCCN1CC(C(=O)N[C@@H](Cc2cc(F)cc(F)c2)[C@H](O)[C@H]2C[C@@H](OCc3ccccc3)CN2)C(Cc2ccccc2)C1=O. The van der Waals surface area contributed by atoms with Crippen LogP contribution in [0.4, 0.5) is 8.78 Å². The largest absolute Gasteiger partial charge is 0.389 e. The number of ether oxygens (including phenoxy) is 1. The summed E-state index contributed by atoms with van der Waals surface area (Å²) in [4.78, 5) is 29.3. The molecule has 0 aliphatic carbocycles. The molecule has 9 heteroatoms. The third-order valence-corrected chi connectivity index (χ3v) is 8.93. The lowest BCUT2D eigenvalue weighted by Crippen LogP contribution is -2.54. The Kier molecular flexibility index (Phi) is 11.3. The first-order chi connectivity index (χ1) is 21.8.